The summed E-state index contributed by atoms with van der Waals surface area (Å²) in [5.41, 5.74) is 3.39. The van der Waals surface area contributed by atoms with E-state index in [2.05, 4.69) is 0 Å². The van der Waals surface area contributed by atoms with Crippen molar-refractivity contribution in [3.63, 3.8) is 0 Å². The van der Waals surface area contributed by atoms with Gasteiger partial charge in [0.15, 0.2) is 0 Å². The molecule has 0 aliphatic rings. The lowest BCUT2D eigenvalue weighted by Crippen LogP contribution is -2.33. The molecule has 0 bridgehead atoms. The van der Waals surface area contributed by atoms with Gasteiger partial charge in [-0.25, -0.2) is 8.42 Å². The number of carboxylic acids is 1. The van der Waals surface area contributed by atoms with E-state index < -0.39 is 16.0 Å². The number of aliphatic carboxylic acids is 1. The number of carbonyl (C=O) groups is 1. The minimum Gasteiger partial charge on any atom is -0.481 e. The molecule has 0 aliphatic heterocycles. The van der Waals surface area contributed by atoms with E-state index in [0.717, 1.165) is 16.7 Å². The van der Waals surface area contributed by atoms with Gasteiger partial charge in [0, 0.05) is 13.0 Å². The maximum atomic E-state index is 13.2. The first kappa shape index (κ1) is 19.0. The molecule has 2 aromatic rings. The average molecular weight is 361 g/mol. The van der Waals surface area contributed by atoms with Crippen LogP contribution in [-0.4, -0.2) is 26.0 Å². The predicted molar refractivity (Wildman–Crippen MR) is 98.5 cm³/mol. The Bertz CT molecular complexity index is 837. The summed E-state index contributed by atoms with van der Waals surface area (Å²) in [6.07, 6.45) is 0.166. The smallest absolute Gasteiger partial charge is 0.303 e. The Morgan fingerprint density at radius 2 is 1.60 bits per heavy atom. The quantitative estimate of drug-likeness (QED) is 0.816. The van der Waals surface area contributed by atoms with Gasteiger partial charge in [-0.15, -0.1) is 0 Å². The highest BCUT2D eigenvalue weighted by Gasteiger charge is 2.27. The van der Waals surface area contributed by atoms with Crippen LogP contribution in [0.5, 0.6) is 0 Å². The van der Waals surface area contributed by atoms with Gasteiger partial charge in [-0.05, 0) is 50.5 Å². The van der Waals surface area contributed by atoms with Crippen molar-refractivity contribution in [1.29, 1.82) is 0 Å². The Kier molecular flexibility index (Phi) is 5.85. The molecular weight excluding hydrogens is 338 g/mol. The normalized spacial score (nSPS) is 11.3. The van der Waals surface area contributed by atoms with E-state index in [4.69, 9.17) is 5.11 Å². The number of nitrogens with zero attached hydrogens (tertiary/aromatic N) is 1. The Labute approximate surface area is 149 Å². The SMILES string of the molecule is Cc1cc(C)c(N(CCCC(=O)O)S(=O)(=O)c2ccccc2)c(C)c1. The number of carboxylic acid groups (broad SMARTS) is 1. The van der Waals surface area contributed by atoms with E-state index in [-0.39, 0.29) is 24.3 Å². The molecule has 0 saturated carbocycles. The lowest BCUT2D eigenvalue weighted by Gasteiger charge is -2.28. The van der Waals surface area contributed by atoms with Crippen LogP contribution in [0.4, 0.5) is 5.69 Å². The van der Waals surface area contributed by atoms with Gasteiger partial charge in [-0.1, -0.05) is 35.9 Å². The largest absolute Gasteiger partial charge is 0.481 e. The number of rotatable bonds is 7. The maximum absolute atomic E-state index is 13.2. The lowest BCUT2D eigenvalue weighted by atomic mass is 10.0. The molecule has 0 amide bonds. The van der Waals surface area contributed by atoms with Crippen molar-refractivity contribution in [3.8, 4) is 0 Å². The lowest BCUT2D eigenvalue weighted by molar-refractivity contribution is -0.137. The molecular formula is C19H23NO4S. The first-order chi connectivity index (χ1) is 11.7. The number of benzene rings is 2. The third-order valence-electron chi connectivity index (χ3n) is 3.97. The molecule has 2 aromatic carbocycles. The first-order valence-electron chi connectivity index (χ1n) is 8.11. The second kappa shape index (κ2) is 7.70. The zero-order chi connectivity index (χ0) is 18.6. The molecule has 0 aliphatic carbocycles. The van der Waals surface area contributed by atoms with Crippen LogP contribution in [0.15, 0.2) is 47.4 Å². The molecule has 0 fully saturated rings. The number of aryl methyl sites for hydroxylation is 3. The fourth-order valence-corrected chi connectivity index (χ4v) is 4.66. The molecule has 0 atom stereocenters. The van der Waals surface area contributed by atoms with Gasteiger partial charge in [-0.2, -0.15) is 0 Å². The second-order valence-corrected chi connectivity index (χ2v) is 8.00. The molecule has 0 unspecified atom stereocenters. The number of sulfonamides is 1. The van der Waals surface area contributed by atoms with E-state index >= 15 is 0 Å². The highest BCUT2D eigenvalue weighted by molar-refractivity contribution is 7.92. The van der Waals surface area contributed by atoms with E-state index in [9.17, 15) is 13.2 Å². The Morgan fingerprint density at radius 1 is 1.04 bits per heavy atom. The number of hydrogen-bond donors (Lipinski definition) is 1. The Balaban J connectivity index is 2.53. The molecule has 25 heavy (non-hydrogen) atoms. The molecule has 1 N–H and O–H groups in total. The monoisotopic (exact) mass is 361 g/mol. The van der Waals surface area contributed by atoms with Crippen LogP contribution in [0.1, 0.15) is 29.5 Å². The molecule has 5 nitrogen and oxygen atoms in total. The van der Waals surface area contributed by atoms with E-state index in [1.54, 1.807) is 30.3 Å². The molecule has 6 heteroatoms. The molecule has 0 saturated heterocycles. The van der Waals surface area contributed by atoms with Gasteiger partial charge in [0.05, 0.1) is 10.6 Å². The maximum Gasteiger partial charge on any atom is 0.303 e. The topological polar surface area (TPSA) is 74.7 Å². The van der Waals surface area contributed by atoms with E-state index in [1.807, 2.05) is 32.9 Å². The summed E-state index contributed by atoms with van der Waals surface area (Å²) < 4.78 is 27.7. The highest BCUT2D eigenvalue weighted by atomic mass is 32.2. The molecule has 2 rings (SSSR count). The highest BCUT2D eigenvalue weighted by Crippen LogP contribution is 2.31. The standard InChI is InChI=1S/C19H23NO4S/c1-14-12-15(2)19(16(3)13-14)20(11-7-10-18(21)22)25(23,24)17-8-5-4-6-9-17/h4-6,8-9,12-13H,7,10-11H2,1-3H3,(H,21,22). The van der Waals surface area contributed by atoms with Crippen molar-refractivity contribution in [2.45, 2.75) is 38.5 Å². The van der Waals surface area contributed by atoms with E-state index in [0.29, 0.717) is 5.69 Å². The van der Waals surface area contributed by atoms with Crippen molar-refractivity contribution in [3.05, 3.63) is 59.2 Å². The first-order valence-corrected chi connectivity index (χ1v) is 9.55. The molecule has 134 valence electrons. The van der Waals surface area contributed by atoms with Gasteiger partial charge in [0.2, 0.25) is 0 Å². The van der Waals surface area contributed by atoms with Crippen molar-refractivity contribution in [2.75, 3.05) is 10.8 Å². The zero-order valence-corrected chi connectivity index (χ0v) is 15.5. The fraction of sp³-hybridized carbons (Fsp3) is 0.316. The van der Waals surface area contributed by atoms with Crippen molar-refractivity contribution >= 4 is 21.7 Å². The predicted octanol–water partition coefficient (Wildman–Crippen LogP) is 3.67. The van der Waals surface area contributed by atoms with Gasteiger partial charge in [0.1, 0.15) is 0 Å². The van der Waals surface area contributed by atoms with Crippen molar-refractivity contribution in [1.82, 2.24) is 0 Å². The van der Waals surface area contributed by atoms with Crippen LogP contribution in [0.2, 0.25) is 0 Å². The summed E-state index contributed by atoms with van der Waals surface area (Å²) in [7, 11) is -3.77. The summed E-state index contributed by atoms with van der Waals surface area (Å²) in [5, 5.41) is 8.89. The van der Waals surface area contributed by atoms with Crippen molar-refractivity contribution in [2.24, 2.45) is 0 Å². The second-order valence-electron chi connectivity index (χ2n) is 6.13. The van der Waals surface area contributed by atoms with Crippen LogP contribution < -0.4 is 4.31 Å². The average Bonchev–Trinajstić information content (AvgIpc) is 2.53. The fourth-order valence-electron chi connectivity index (χ4n) is 3.01. The summed E-state index contributed by atoms with van der Waals surface area (Å²) >= 11 is 0. The third kappa shape index (κ3) is 4.39. The summed E-state index contributed by atoms with van der Waals surface area (Å²) in [6, 6.07) is 12.1. The minimum absolute atomic E-state index is 0.0786. The van der Waals surface area contributed by atoms with Gasteiger partial charge >= 0.3 is 5.97 Å². The zero-order valence-electron chi connectivity index (χ0n) is 14.7. The van der Waals surface area contributed by atoms with Crippen LogP contribution in [-0.2, 0) is 14.8 Å². The summed E-state index contributed by atoms with van der Waals surface area (Å²) in [4.78, 5) is 11.0. The molecule has 0 radical (unpaired) electrons. The number of anilines is 1. The summed E-state index contributed by atoms with van der Waals surface area (Å²) in [5.74, 6) is -0.936. The van der Waals surface area contributed by atoms with Crippen LogP contribution >= 0.6 is 0 Å². The van der Waals surface area contributed by atoms with Gasteiger partial charge < -0.3 is 5.11 Å². The molecule has 0 aromatic heterocycles. The van der Waals surface area contributed by atoms with Crippen LogP contribution in [0.25, 0.3) is 0 Å². The Morgan fingerprint density at radius 3 is 2.12 bits per heavy atom. The van der Waals surface area contributed by atoms with Crippen LogP contribution in [0, 0.1) is 20.8 Å². The van der Waals surface area contributed by atoms with Gasteiger partial charge in [0.25, 0.3) is 10.0 Å². The molecule has 0 spiro atoms. The Hall–Kier alpha value is -2.34. The van der Waals surface area contributed by atoms with Crippen molar-refractivity contribution < 1.29 is 18.3 Å². The van der Waals surface area contributed by atoms with Crippen LogP contribution in [0.3, 0.4) is 0 Å². The number of hydrogen-bond acceptors (Lipinski definition) is 3. The minimum atomic E-state index is -3.77. The third-order valence-corrected chi connectivity index (χ3v) is 5.78. The van der Waals surface area contributed by atoms with E-state index in [1.165, 1.54) is 4.31 Å². The molecule has 0 heterocycles. The van der Waals surface area contributed by atoms with Gasteiger partial charge in [-0.3, -0.25) is 9.10 Å². The summed E-state index contributed by atoms with van der Waals surface area (Å²) in [6.45, 7) is 5.83.